The van der Waals surface area contributed by atoms with Crippen molar-refractivity contribution in [3.63, 3.8) is 0 Å². The van der Waals surface area contributed by atoms with Crippen molar-refractivity contribution in [2.24, 2.45) is 0 Å². The molecule has 2 amide bonds. The van der Waals surface area contributed by atoms with Gasteiger partial charge >= 0.3 is 6.03 Å². The predicted octanol–water partition coefficient (Wildman–Crippen LogP) is 4.71. The lowest BCUT2D eigenvalue weighted by Gasteiger charge is -2.26. The van der Waals surface area contributed by atoms with Gasteiger partial charge in [0.05, 0.1) is 23.9 Å². The molecule has 2 aromatic carbocycles. The Bertz CT molecular complexity index is 709. The Morgan fingerprint density at radius 3 is 2.61 bits per heavy atom. The Labute approximate surface area is 139 Å². The quantitative estimate of drug-likeness (QED) is 0.878. The van der Waals surface area contributed by atoms with Crippen molar-refractivity contribution < 1.29 is 13.9 Å². The second-order valence-corrected chi connectivity index (χ2v) is 5.49. The first-order chi connectivity index (χ1) is 10.9. The fraction of sp³-hybridized carbons (Fsp3) is 0.235. The molecule has 4 nitrogen and oxygen atoms in total. The summed E-state index contributed by atoms with van der Waals surface area (Å²) in [6, 6.07) is 10.5. The minimum absolute atomic E-state index is 0.345. The molecule has 1 N–H and O–H groups in total. The standard InChI is InChI=1S/C17H18ClFN2O2/c1-11(13-6-4-5-7-15(13)19)21(2)17(22)20-16-9-8-12(23-3)10-14(16)18/h4-11H,1-3H3,(H,20,22). The fourth-order valence-electron chi connectivity index (χ4n) is 2.13. The van der Waals surface area contributed by atoms with Crippen molar-refractivity contribution in [2.45, 2.75) is 13.0 Å². The van der Waals surface area contributed by atoms with Gasteiger partial charge in [-0.2, -0.15) is 0 Å². The van der Waals surface area contributed by atoms with E-state index in [0.717, 1.165) is 0 Å². The molecule has 0 heterocycles. The first kappa shape index (κ1) is 17.1. The minimum atomic E-state index is -0.423. The number of urea groups is 1. The molecule has 0 fully saturated rings. The third-order valence-corrected chi connectivity index (χ3v) is 3.99. The maximum absolute atomic E-state index is 13.8. The summed E-state index contributed by atoms with van der Waals surface area (Å²) in [5.74, 6) is 0.253. The Morgan fingerprint density at radius 1 is 1.30 bits per heavy atom. The molecule has 0 aliphatic rings. The molecule has 0 spiro atoms. The van der Waals surface area contributed by atoms with Crippen molar-refractivity contribution in [3.05, 3.63) is 58.9 Å². The number of nitrogens with zero attached hydrogens (tertiary/aromatic N) is 1. The van der Waals surface area contributed by atoms with Crippen molar-refractivity contribution in [1.29, 1.82) is 0 Å². The van der Waals surface area contributed by atoms with E-state index in [4.69, 9.17) is 16.3 Å². The van der Waals surface area contributed by atoms with E-state index in [-0.39, 0.29) is 11.8 Å². The Morgan fingerprint density at radius 2 is 2.00 bits per heavy atom. The van der Waals surface area contributed by atoms with Crippen LogP contribution < -0.4 is 10.1 Å². The maximum Gasteiger partial charge on any atom is 0.322 e. The number of halogens is 2. The molecule has 6 heteroatoms. The third-order valence-electron chi connectivity index (χ3n) is 3.67. The second-order valence-electron chi connectivity index (χ2n) is 5.08. The third kappa shape index (κ3) is 3.93. The molecule has 0 radical (unpaired) electrons. The normalized spacial score (nSPS) is 11.7. The van der Waals surface area contributed by atoms with E-state index in [9.17, 15) is 9.18 Å². The zero-order valence-electron chi connectivity index (χ0n) is 13.1. The van der Waals surface area contributed by atoms with Gasteiger partial charge in [0.1, 0.15) is 11.6 Å². The first-order valence-corrected chi connectivity index (χ1v) is 7.43. The molecule has 1 atom stereocenters. The van der Waals surface area contributed by atoms with Gasteiger partial charge in [-0.15, -0.1) is 0 Å². The number of anilines is 1. The van der Waals surface area contributed by atoms with Crippen LogP contribution in [0.2, 0.25) is 5.02 Å². The van der Waals surface area contributed by atoms with Gasteiger partial charge in [0.15, 0.2) is 0 Å². The summed E-state index contributed by atoms with van der Waals surface area (Å²) in [6.07, 6.45) is 0. The van der Waals surface area contributed by atoms with Crippen LogP contribution in [-0.4, -0.2) is 25.1 Å². The number of amides is 2. The van der Waals surface area contributed by atoms with Crippen molar-refractivity contribution >= 4 is 23.3 Å². The van der Waals surface area contributed by atoms with Crippen LogP contribution in [0.4, 0.5) is 14.9 Å². The summed E-state index contributed by atoms with van der Waals surface area (Å²) >= 11 is 6.11. The van der Waals surface area contributed by atoms with Gasteiger partial charge in [-0.3, -0.25) is 0 Å². The van der Waals surface area contributed by atoms with E-state index in [2.05, 4.69) is 5.32 Å². The van der Waals surface area contributed by atoms with E-state index in [0.29, 0.717) is 22.0 Å². The monoisotopic (exact) mass is 336 g/mol. The SMILES string of the molecule is COc1ccc(NC(=O)N(C)C(C)c2ccccc2F)c(Cl)c1. The summed E-state index contributed by atoms with van der Waals surface area (Å²) in [6.45, 7) is 1.76. The summed E-state index contributed by atoms with van der Waals surface area (Å²) in [7, 11) is 3.14. The molecule has 0 aliphatic carbocycles. The highest BCUT2D eigenvalue weighted by Crippen LogP contribution is 2.28. The summed E-state index contributed by atoms with van der Waals surface area (Å²) in [5.41, 5.74) is 0.913. The molecule has 0 aromatic heterocycles. The molecule has 0 bridgehead atoms. The molecule has 2 rings (SSSR count). The van der Waals surface area contributed by atoms with Crippen LogP contribution in [0.15, 0.2) is 42.5 Å². The van der Waals surface area contributed by atoms with E-state index in [1.165, 1.54) is 18.1 Å². The van der Waals surface area contributed by atoms with Crippen molar-refractivity contribution in [3.8, 4) is 5.75 Å². The molecule has 0 saturated heterocycles. The number of methoxy groups -OCH3 is 1. The average molecular weight is 337 g/mol. The first-order valence-electron chi connectivity index (χ1n) is 7.05. The largest absolute Gasteiger partial charge is 0.497 e. The Balaban J connectivity index is 2.12. The fourth-order valence-corrected chi connectivity index (χ4v) is 2.34. The van der Waals surface area contributed by atoms with Crippen LogP contribution >= 0.6 is 11.6 Å². The van der Waals surface area contributed by atoms with E-state index in [1.807, 2.05) is 0 Å². The molecule has 122 valence electrons. The number of benzene rings is 2. The number of hydrogen-bond acceptors (Lipinski definition) is 2. The van der Waals surface area contributed by atoms with E-state index < -0.39 is 6.04 Å². The van der Waals surface area contributed by atoms with Gasteiger partial charge in [-0.05, 0) is 25.1 Å². The van der Waals surface area contributed by atoms with Crippen molar-refractivity contribution in [2.75, 3.05) is 19.5 Å². The van der Waals surface area contributed by atoms with E-state index >= 15 is 0 Å². The maximum atomic E-state index is 13.8. The smallest absolute Gasteiger partial charge is 0.322 e. The molecule has 0 saturated carbocycles. The van der Waals surface area contributed by atoms with Crippen LogP contribution in [0, 0.1) is 5.82 Å². The second kappa shape index (κ2) is 7.33. The highest BCUT2D eigenvalue weighted by molar-refractivity contribution is 6.33. The van der Waals surface area contributed by atoms with E-state index in [1.54, 1.807) is 50.4 Å². The highest BCUT2D eigenvalue weighted by atomic mass is 35.5. The van der Waals surface area contributed by atoms with Gasteiger partial charge in [-0.25, -0.2) is 9.18 Å². The number of carbonyl (C=O) groups excluding carboxylic acids is 1. The lowest BCUT2D eigenvalue weighted by molar-refractivity contribution is 0.207. The van der Waals surface area contributed by atoms with Gasteiger partial charge < -0.3 is 15.0 Å². The molecular formula is C17H18ClFN2O2. The number of ether oxygens (including phenoxy) is 1. The molecule has 23 heavy (non-hydrogen) atoms. The van der Waals surface area contributed by atoms with Crippen LogP contribution in [0.25, 0.3) is 0 Å². The van der Waals surface area contributed by atoms with Gasteiger partial charge in [0, 0.05) is 18.7 Å². The Kier molecular flexibility index (Phi) is 5.45. The van der Waals surface area contributed by atoms with Crippen LogP contribution in [0.1, 0.15) is 18.5 Å². The van der Waals surface area contributed by atoms with Crippen LogP contribution in [0.3, 0.4) is 0 Å². The molecule has 1 unspecified atom stereocenters. The number of carbonyl (C=O) groups is 1. The zero-order valence-corrected chi connectivity index (χ0v) is 13.9. The van der Waals surface area contributed by atoms with Gasteiger partial charge in [-0.1, -0.05) is 29.8 Å². The van der Waals surface area contributed by atoms with Crippen molar-refractivity contribution in [1.82, 2.24) is 4.90 Å². The highest BCUT2D eigenvalue weighted by Gasteiger charge is 2.20. The number of rotatable bonds is 4. The predicted molar refractivity (Wildman–Crippen MR) is 89.6 cm³/mol. The average Bonchev–Trinajstić information content (AvgIpc) is 2.55. The lowest BCUT2D eigenvalue weighted by Crippen LogP contribution is -2.34. The number of hydrogen-bond donors (Lipinski definition) is 1. The number of nitrogens with one attached hydrogen (secondary N) is 1. The topological polar surface area (TPSA) is 41.6 Å². The van der Waals surface area contributed by atoms with Crippen LogP contribution in [-0.2, 0) is 0 Å². The molecular weight excluding hydrogens is 319 g/mol. The summed E-state index contributed by atoms with van der Waals surface area (Å²) < 4.78 is 18.9. The molecule has 2 aromatic rings. The zero-order chi connectivity index (χ0) is 17.0. The Hall–Kier alpha value is -2.27. The van der Waals surface area contributed by atoms with Gasteiger partial charge in [0.2, 0.25) is 0 Å². The molecule has 0 aliphatic heterocycles. The van der Waals surface area contributed by atoms with Crippen LogP contribution in [0.5, 0.6) is 5.75 Å². The summed E-state index contributed by atoms with van der Waals surface area (Å²) in [5, 5.41) is 3.07. The summed E-state index contributed by atoms with van der Waals surface area (Å²) in [4.78, 5) is 13.8. The van der Waals surface area contributed by atoms with Gasteiger partial charge in [0.25, 0.3) is 0 Å². The minimum Gasteiger partial charge on any atom is -0.497 e. The lowest BCUT2D eigenvalue weighted by atomic mass is 10.1.